The van der Waals surface area contributed by atoms with E-state index in [9.17, 15) is 18.0 Å². The highest BCUT2D eigenvalue weighted by Crippen LogP contribution is 2.26. The van der Waals surface area contributed by atoms with Gasteiger partial charge in [-0.1, -0.05) is 18.2 Å². The van der Waals surface area contributed by atoms with Gasteiger partial charge < -0.3 is 20.1 Å². The lowest BCUT2D eigenvalue weighted by Gasteiger charge is -2.23. The van der Waals surface area contributed by atoms with E-state index in [4.69, 9.17) is 4.74 Å². The highest BCUT2D eigenvalue weighted by Gasteiger charge is 2.32. The fraction of sp³-hybridized carbons (Fsp3) is 0.462. The number of alkyl halides is 3. The molecule has 1 unspecified atom stereocenters. The minimum absolute atomic E-state index is 0. The van der Waals surface area contributed by atoms with Gasteiger partial charge in [0, 0.05) is 25.2 Å². The van der Waals surface area contributed by atoms with E-state index in [1.807, 2.05) is 0 Å². The Balaban J connectivity index is 0.00000242. The van der Waals surface area contributed by atoms with Gasteiger partial charge in [-0.3, -0.25) is 4.79 Å². The summed E-state index contributed by atoms with van der Waals surface area (Å²) in [6, 6.07) is 5.67. The van der Waals surface area contributed by atoms with Crippen molar-refractivity contribution in [1.29, 1.82) is 0 Å². The Kier molecular flexibility index (Phi) is 6.92. The Hall–Kier alpha value is -1.51. The second kappa shape index (κ2) is 8.21. The number of rotatable bonds is 4. The maximum absolute atomic E-state index is 12.3. The van der Waals surface area contributed by atoms with Crippen LogP contribution in [0.2, 0.25) is 0 Å². The summed E-state index contributed by atoms with van der Waals surface area (Å²) in [5.74, 6) is -0.697. The molecule has 1 amide bonds. The molecular weight excluding hydrogens is 325 g/mol. The maximum atomic E-state index is 12.3. The maximum Gasteiger partial charge on any atom is 0.573 e. The Morgan fingerprint density at radius 1 is 1.41 bits per heavy atom. The van der Waals surface area contributed by atoms with E-state index in [-0.39, 0.29) is 36.2 Å². The van der Waals surface area contributed by atoms with E-state index >= 15 is 0 Å². The number of ether oxygens (including phenoxy) is 2. The zero-order chi connectivity index (χ0) is 15.3. The van der Waals surface area contributed by atoms with E-state index in [0.717, 1.165) is 0 Å². The van der Waals surface area contributed by atoms with Gasteiger partial charge in [0.2, 0.25) is 0 Å². The van der Waals surface area contributed by atoms with Crippen LogP contribution in [0, 0.1) is 0 Å². The van der Waals surface area contributed by atoms with E-state index in [2.05, 4.69) is 15.4 Å². The summed E-state index contributed by atoms with van der Waals surface area (Å²) in [5.41, 5.74) is 0.243. The minimum Gasteiger partial charge on any atom is -0.405 e. The van der Waals surface area contributed by atoms with Crippen LogP contribution in [0.5, 0.6) is 5.75 Å². The zero-order valence-electron chi connectivity index (χ0n) is 11.5. The van der Waals surface area contributed by atoms with Crippen molar-refractivity contribution in [2.75, 3.05) is 19.7 Å². The molecule has 0 aliphatic carbocycles. The molecule has 0 spiro atoms. The molecule has 0 bridgehead atoms. The van der Waals surface area contributed by atoms with Crippen LogP contribution in [0.1, 0.15) is 5.56 Å². The van der Waals surface area contributed by atoms with Crippen LogP contribution in [0.25, 0.3) is 0 Å². The highest BCUT2D eigenvalue weighted by atomic mass is 35.5. The highest BCUT2D eigenvalue weighted by molar-refractivity contribution is 5.85. The molecule has 1 heterocycles. The van der Waals surface area contributed by atoms with Crippen LogP contribution in [-0.2, 0) is 16.1 Å². The van der Waals surface area contributed by atoms with Crippen LogP contribution in [-0.4, -0.2) is 38.1 Å². The number of morpholine rings is 1. The molecule has 1 atom stereocenters. The summed E-state index contributed by atoms with van der Waals surface area (Å²) in [5, 5.41) is 5.54. The molecule has 22 heavy (non-hydrogen) atoms. The number of hydrogen-bond acceptors (Lipinski definition) is 4. The van der Waals surface area contributed by atoms with Crippen molar-refractivity contribution in [3.05, 3.63) is 29.8 Å². The smallest absolute Gasteiger partial charge is 0.405 e. The molecule has 0 radical (unpaired) electrons. The monoisotopic (exact) mass is 340 g/mol. The quantitative estimate of drug-likeness (QED) is 0.874. The average Bonchev–Trinajstić information content (AvgIpc) is 2.45. The molecule has 2 N–H and O–H groups in total. The molecule has 1 aliphatic rings. The van der Waals surface area contributed by atoms with Crippen molar-refractivity contribution in [1.82, 2.24) is 10.6 Å². The topological polar surface area (TPSA) is 59.6 Å². The minimum atomic E-state index is -4.77. The molecule has 1 saturated heterocycles. The van der Waals surface area contributed by atoms with Gasteiger partial charge in [-0.15, -0.1) is 25.6 Å². The third kappa shape index (κ3) is 5.70. The Labute approximate surface area is 131 Å². The number of amides is 1. The van der Waals surface area contributed by atoms with E-state index in [0.29, 0.717) is 19.7 Å². The lowest BCUT2D eigenvalue weighted by atomic mass is 10.2. The van der Waals surface area contributed by atoms with E-state index < -0.39 is 12.5 Å². The fourth-order valence-electron chi connectivity index (χ4n) is 1.90. The summed E-state index contributed by atoms with van der Waals surface area (Å²) < 4.78 is 46.0. The molecule has 1 fully saturated rings. The molecule has 5 nitrogen and oxygen atoms in total. The number of carbonyl (C=O) groups excluding carboxylic acids is 1. The SMILES string of the molecule is Cl.O=C(NCc1ccccc1OC(F)(F)F)C1CNCCO1. The number of carbonyl (C=O) groups is 1. The number of nitrogens with one attached hydrogen (secondary N) is 2. The normalized spacial score (nSPS) is 18.2. The average molecular weight is 341 g/mol. The Morgan fingerprint density at radius 3 is 2.77 bits per heavy atom. The second-order valence-electron chi connectivity index (χ2n) is 4.44. The predicted molar refractivity (Wildman–Crippen MR) is 74.8 cm³/mol. The van der Waals surface area contributed by atoms with Gasteiger partial charge in [-0.05, 0) is 6.07 Å². The van der Waals surface area contributed by atoms with E-state index in [1.165, 1.54) is 18.2 Å². The van der Waals surface area contributed by atoms with Gasteiger partial charge in [0.1, 0.15) is 11.9 Å². The van der Waals surface area contributed by atoms with E-state index in [1.54, 1.807) is 6.07 Å². The molecule has 0 saturated carbocycles. The van der Waals surface area contributed by atoms with Crippen molar-refractivity contribution >= 4 is 18.3 Å². The number of halogens is 4. The van der Waals surface area contributed by atoms with Crippen LogP contribution in [0.3, 0.4) is 0 Å². The summed E-state index contributed by atoms with van der Waals surface area (Å²) in [6.07, 6.45) is -5.40. The molecule has 2 rings (SSSR count). The lowest BCUT2D eigenvalue weighted by Crippen LogP contribution is -2.47. The van der Waals surface area contributed by atoms with Crippen LogP contribution >= 0.6 is 12.4 Å². The van der Waals surface area contributed by atoms with Crippen molar-refractivity contribution in [3.63, 3.8) is 0 Å². The molecule has 124 valence electrons. The van der Waals surface area contributed by atoms with Gasteiger partial charge >= 0.3 is 6.36 Å². The number of para-hydroxylation sites is 1. The molecular formula is C13H16ClF3N2O3. The first kappa shape index (κ1) is 18.5. The van der Waals surface area contributed by atoms with Crippen molar-refractivity contribution in [2.24, 2.45) is 0 Å². The Morgan fingerprint density at radius 2 is 2.14 bits per heavy atom. The van der Waals surface area contributed by atoms with Crippen molar-refractivity contribution in [3.8, 4) is 5.75 Å². The predicted octanol–water partition coefficient (Wildman–Crippen LogP) is 1.61. The van der Waals surface area contributed by atoms with Crippen LogP contribution in [0.15, 0.2) is 24.3 Å². The summed E-state index contributed by atoms with van der Waals surface area (Å²) >= 11 is 0. The number of hydrogen-bond donors (Lipinski definition) is 2. The van der Waals surface area contributed by atoms with Gasteiger partial charge in [-0.25, -0.2) is 0 Å². The lowest BCUT2D eigenvalue weighted by molar-refractivity contribution is -0.274. The zero-order valence-corrected chi connectivity index (χ0v) is 12.3. The fourth-order valence-corrected chi connectivity index (χ4v) is 1.90. The molecule has 9 heteroatoms. The third-order valence-electron chi connectivity index (χ3n) is 2.87. The molecule has 1 aromatic carbocycles. The first-order chi connectivity index (χ1) is 9.96. The molecule has 1 aromatic rings. The largest absolute Gasteiger partial charge is 0.573 e. The molecule has 0 aromatic heterocycles. The first-order valence-electron chi connectivity index (χ1n) is 6.39. The van der Waals surface area contributed by atoms with Gasteiger partial charge in [0.05, 0.1) is 6.61 Å². The van der Waals surface area contributed by atoms with Crippen molar-refractivity contribution < 1.29 is 27.4 Å². The summed E-state index contributed by atoms with van der Waals surface area (Å²) in [6.45, 7) is 1.41. The second-order valence-corrected chi connectivity index (χ2v) is 4.44. The summed E-state index contributed by atoms with van der Waals surface area (Å²) in [4.78, 5) is 11.8. The molecule has 1 aliphatic heterocycles. The van der Waals surface area contributed by atoms with Crippen LogP contribution in [0.4, 0.5) is 13.2 Å². The standard InChI is InChI=1S/C13H15F3N2O3.ClH/c14-13(15,16)21-10-4-2-1-3-9(10)7-18-12(19)11-8-17-5-6-20-11;/h1-4,11,17H,5-8H2,(H,18,19);1H. The van der Waals surface area contributed by atoms with Crippen LogP contribution < -0.4 is 15.4 Å². The van der Waals surface area contributed by atoms with Gasteiger partial charge in [-0.2, -0.15) is 0 Å². The number of benzene rings is 1. The summed E-state index contributed by atoms with van der Waals surface area (Å²) in [7, 11) is 0. The van der Waals surface area contributed by atoms with Gasteiger partial charge in [0.15, 0.2) is 0 Å². The first-order valence-corrected chi connectivity index (χ1v) is 6.39. The Bertz CT molecular complexity index is 494. The van der Waals surface area contributed by atoms with Crippen molar-refractivity contribution in [2.45, 2.75) is 19.0 Å². The van der Waals surface area contributed by atoms with Gasteiger partial charge in [0.25, 0.3) is 5.91 Å². The third-order valence-corrected chi connectivity index (χ3v) is 2.87.